The number of sulfonamides is 1. The predicted molar refractivity (Wildman–Crippen MR) is 148 cm³/mol. The molecule has 4 heterocycles. The number of pyridine rings is 1. The number of hydrogen-bond donors (Lipinski definition) is 0. The number of anilines is 1. The van der Waals surface area contributed by atoms with Crippen LogP contribution in [0, 0.1) is 5.92 Å². The lowest BCUT2D eigenvalue weighted by atomic mass is 9.96. The molecule has 1 aromatic carbocycles. The highest BCUT2D eigenvalue weighted by Crippen LogP contribution is 2.36. The Balaban J connectivity index is 1.39. The van der Waals surface area contributed by atoms with Crippen LogP contribution in [-0.2, 0) is 21.4 Å². The number of thiophene rings is 1. The van der Waals surface area contributed by atoms with Gasteiger partial charge in [-0.25, -0.2) is 13.4 Å². The van der Waals surface area contributed by atoms with Crippen molar-refractivity contribution in [3.8, 4) is 0 Å². The van der Waals surface area contributed by atoms with Crippen molar-refractivity contribution in [2.45, 2.75) is 28.5 Å². The number of carbonyl (C=O) groups is 1. The van der Waals surface area contributed by atoms with Gasteiger partial charge >= 0.3 is 0 Å². The Kier molecular flexibility index (Phi) is 7.66. The maximum atomic E-state index is 13.8. The van der Waals surface area contributed by atoms with Crippen LogP contribution in [0.4, 0.5) is 5.13 Å². The van der Waals surface area contributed by atoms with E-state index < -0.39 is 10.0 Å². The fourth-order valence-corrected chi connectivity index (χ4v) is 8.97. The summed E-state index contributed by atoms with van der Waals surface area (Å²) in [4.78, 5) is 25.7. The highest BCUT2D eigenvalue weighted by molar-refractivity contribution is 7.98. The molecule has 188 valence electrons. The number of hydrogen-bond acceptors (Lipinski definition) is 8. The summed E-state index contributed by atoms with van der Waals surface area (Å²) in [6.07, 6.45) is 6.36. The number of halogens is 1. The van der Waals surface area contributed by atoms with E-state index in [-0.39, 0.29) is 29.1 Å². The Morgan fingerprint density at radius 1 is 1.17 bits per heavy atom. The average molecular weight is 579 g/mol. The summed E-state index contributed by atoms with van der Waals surface area (Å²) in [6, 6.07) is 13.0. The lowest BCUT2D eigenvalue weighted by molar-refractivity contribution is -0.123. The molecule has 4 aromatic rings. The van der Waals surface area contributed by atoms with Crippen LogP contribution in [0.1, 0.15) is 18.4 Å². The molecule has 0 unspecified atom stereocenters. The average Bonchev–Trinajstić information content (AvgIpc) is 3.54. The van der Waals surface area contributed by atoms with Crippen molar-refractivity contribution in [1.29, 1.82) is 0 Å². The molecule has 5 rings (SSSR count). The quantitative estimate of drug-likeness (QED) is 0.259. The first-order chi connectivity index (χ1) is 17.4. The molecule has 3 aromatic heterocycles. The van der Waals surface area contributed by atoms with Gasteiger partial charge in [-0.15, -0.1) is 23.1 Å². The number of rotatable bonds is 7. The minimum absolute atomic E-state index is 0.0418. The number of nitrogens with zero attached hydrogens (tertiary/aromatic N) is 4. The lowest BCUT2D eigenvalue weighted by Gasteiger charge is -2.32. The minimum Gasteiger partial charge on any atom is -0.283 e. The number of piperidine rings is 1. The lowest BCUT2D eigenvalue weighted by Crippen LogP contribution is -2.44. The van der Waals surface area contributed by atoms with Crippen molar-refractivity contribution in [1.82, 2.24) is 14.3 Å². The van der Waals surface area contributed by atoms with E-state index in [1.165, 1.54) is 21.7 Å². The van der Waals surface area contributed by atoms with Crippen LogP contribution in [0.3, 0.4) is 0 Å². The molecule has 1 aliphatic heterocycles. The summed E-state index contributed by atoms with van der Waals surface area (Å²) >= 11 is 10.1. The van der Waals surface area contributed by atoms with Gasteiger partial charge in [-0.3, -0.25) is 14.7 Å². The zero-order valence-electron chi connectivity index (χ0n) is 19.3. The van der Waals surface area contributed by atoms with Gasteiger partial charge in [-0.05, 0) is 55.0 Å². The van der Waals surface area contributed by atoms with E-state index in [1.54, 1.807) is 35.1 Å². The number of aromatic nitrogens is 2. The molecule has 1 saturated heterocycles. The van der Waals surface area contributed by atoms with Gasteiger partial charge < -0.3 is 0 Å². The molecule has 0 bridgehead atoms. The van der Waals surface area contributed by atoms with E-state index in [0.29, 0.717) is 28.9 Å². The third kappa shape index (κ3) is 5.18. The predicted octanol–water partition coefficient (Wildman–Crippen LogP) is 5.76. The van der Waals surface area contributed by atoms with Gasteiger partial charge in [0, 0.05) is 36.3 Å². The number of benzene rings is 1. The van der Waals surface area contributed by atoms with Gasteiger partial charge in [0.15, 0.2) is 5.13 Å². The second-order valence-corrected chi connectivity index (χ2v) is 14.1. The molecule has 0 N–H and O–H groups in total. The van der Waals surface area contributed by atoms with E-state index in [4.69, 9.17) is 16.6 Å². The Morgan fingerprint density at radius 3 is 2.64 bits per heavy atom. The fraction of sp³-hybridized carbons (Fsp3) is 0.292. The Labute approximate surface area is 227 Å². The van der Waals surface area contributed by atoms with Crippen molar-refractivity contribution >= 4 is 77.3 Å². The topological polar surface area (TPSA) is 83.5 Å². The van der Waals surface area contributed by atoms with Gasteiger partial charge in [0.2, 0.25) is 5.91 Å². The highest BCUT2D eigenvalue weighted by Gasteiger charge is 2.35. The molecule has 7 nitrogen and oxygen atoms in total. The molecule has 0 aliphatic carbocycles. The SMILES string of the molecule is CSc1cccc2sc(N(Cc3cccnc3)C(=O)C3CCN(S(=O)(=O)c4ccc(Cl)s4)CC3)nc12. The van der Waals surface area contributed by atoms with Crippen LogP contribution >= 0.6 is 46.0 Å². The normalized spacial score (nSPS) is 15.4. The highest BCUT2D eigenvalue weighted by atomic mass is 35.5. The maximum absolute atomic E-state index is 13.8. The van der Waals surface area contributed by atoms with Gasteiger partial charge in [-0.2, -0.15) is 4.31 Å². The number of thiazole rings is 1. The molecule has 1 amide bonds. The summed E-state index contributed by atoms with van der Waals surface area (Å²) in [5.74, 6) is -0.341. The number of amides is 1. The summed E-state index contributed by atoms with van der Waals surface area (Å²) in [5, 5.41) is 0.642. The molecule has 0 radical (unpaired) electrons. The number of carbonyl (C=O) groups excluding carboxylic acids is 1. The number of fused-ring (bicyclic) bond motifs is 1. The van der Waals surface area contributed by atoms with Crippen molar-refractivity contribution in [3.05, 3.63) is 64.8 Å². The molecule has 36 heavy (non-hydrogen) atoms. The van der Waals surface area contributed by atoms with Crippen molar-refractivity contribution in [2.75, 3.05) is 24.2 Å². The Hall–Kier alpha value is -2.02. The standard InChI is InChI=1S/C24H23ClN4O3S4/c1-33-18-5-2-6-19-22(18)27-24(34-19)29(15-16-4-3-11-26-14-16)23(30)17-9-12-28(13-10-17)36(31,32)21-8-7-20(25)35-21/h2-8,11,14,17H,9-10,12-13,15H2,1H3. The summed E-state index contributed by atoms with van der Waals surface area (Å²) in [5.41, 5.74) is 1.80. The van der Waals surface area contributed by atoms with Crippen LogP contribution in [0.5, 0.6) is 0 Å². The van der Waals surface area contributed by atoms with Crippen molar-refractivity contribution in [3.63, 3.8) is 0 Å². The van der Waals surface area contributed by atoms with Gasteiger partial charge in [0.1, 0.15) is 4.21 Å². The molecular formula is C24H23ClN4O3S4. The largest absolute Gasteiger partial charge is 0.283 e. The summed E-state index contributed by atoms with van der Waals surface area (Å²) < 4.78 is 29.1. The summed E-state index contributed by atoms with van der Waals surface area (Å²) in [6.45, 7) is 0.921. The van der Waals surface area contributed by atoms with Crippen molar-refractivity contribution in [2.24, 2.45) is 5.92 Å². The van der Waals surface area contributed by atoms with Crippen LogP contribution < -0.4 is 4.90 Å². The molecular weight excluding hydrogens is 556 g/mol. The summed E-state index contributed by atoms with van der Waals surface area (Å²) in [7, 11) is -3.61. The zero-order chi connectivity index (χ0) is 25.3. The van der Waals surface area contributed by atoms with E-state index in [9.17, 15) is 13.2 Å². The van der Waals surface area contributed by atoms with Crippen molar-refractivity contribution < 1.29 is 13.2 Å². The van der Waals surface area contributed by atoms with E-state index in [0.717, 1.165) is 32.0 Å². The molecule has 1 fully saturated rings. The molecule has 12 heteroatoms. The van der Waals surface area contributed by atoms with E-state index >= 15 is 0 Å². The molecule has 0 atom stereocenters. The third-order valence-electron chi connectivity index (χ3n) is 6.10. The molecule has 0 saturated carbocycles. The first-order valence-corrected chi connectivity index (χ1v) is 15.9. The third-order valence-corrected chi connectivity index (χ3v) is 11.5. The minimum atomic E-state index is -3.61. The van der Waals surface area contributed by atoms with Crippen LogP contribution in [0.2, 0.25) is 4.34 Å². The van der Waals surface area contributed by atoms with E-state index in [2.05, 4.69) is 4.98 Å². The Morgan fingerprint density at radius 2 is 1.97 bits per heavy atom. The maximum Gasteiger partial charge on any atom is 0.252 e. The van der Waals surface area contributed by atoms with Crippen LogP contribution in [0.25, 0.3) is 10.2 Å². The van der Waals surface area contributed by atoms with Gasteiger partial charge in [-0.1, -0.05) is 35.1 Å². The monoisotopic (exact) mass is 578 g/mol. The van der Waals surface area contributed by atoms with Gasteiger partial charge in [0.25, 0.3) is 10.0 Å². The second kappa shape index (κ2) is 10.8. The smallest absolute Gasteiger partial charge is 0.252 e. The molecule has 0 spiro atoms. The molecule has 1 aliphatic rings. The first-order valence-electron chi connectivity index (χ1n) is 11.3. The number of thioether (sulfide) groups is 1. The zero-order valence-corrected chi connectivity index (χ0v) is 23.4. The van der Waals surface area contributed by atoms with Gasteiger partial charge in [0.05, 0.1) is 21.1 Å². The number of para-hydroxylation sites is 1. The second-order valence-electron chi connectivity index (χ2n) is 8.33. The Bertz CT molecular complexity index is 1480. The van der Waals surface area contributed by atoms with Crippen LogP contribution in [-0.4, -0.2) is 47.9 Å². The first kappa shape index (κ1) is 25.6. The van der Waals surface area contributed by atoms with E-state index in [1.807, 2.05) is 36.6 Å². The fourth-order valence-electron chi connectivity index (χ4n) is 4.23. The van der Waals surface area contributed by atoms with Crippen LogP contribution in [0.15, 0.2) is 64.0 Å².